The molecule has 0 aliphatic carbocycles. The minimum absolute atomic E-state index is 0.325. The molecule has 4 aromatic rings. The first kappa shape index (κ1) is 22.9. The third-order valence-corrected chi connectivity index (χ3v) is 6.73. The summed E-state index contributed by atoms with van der Waals surface area (Å²) in [4.78, 5) is 9.84. The number of hydrazine groups is 1. The number of nitriles is 1. The molecule has 0 bridgehead atoms. The van der Waals surface area contributed by atoms with Crippen LogP contribution in [0.15, 0.2) is 77.3 Å². The summed E-state index contributed by atoms with van der Waals surface area (Å²) in [5, 5.41) is 14.3. The van der Waals surface area contributed by atoms with Gasteiger partial charge in [0.15, 0.2) is 10.9 Å². The number of aromatic nitrogens is 2. The number of ether oxygens (including phenoxy) is 1. The molecule has 0 atom stereocenters. The predicted octanol–water partition coefficient (Wildman–Crippen LogP) is 5.92. The van der Waals surface area contributed by atoms with Crippen molar-refractivity contribution in [3.05, 3.63) is 89.4 Å². The molecule has 2 N–H and O–H groups in total. The fourth-order valence-corrected chi connectivity index (χ4v) is 4.75. The van der Waals surface area contributed by atoms with Crippen LogP contribution >= 0.6 is 23.3 Å². The number of rotatable bonds is 7. The zero-order valence-corrected chi connectivity index (χ0v) is 20.2. The molecule has 5 rings (SSSR count). The third-order valence-electron chi connectivity index (χ3n) is 5.13. The Morgan fingerprint density at radius 1 is 1.20 bits per heavy atom. The monoisotopic (exact) mass is 502 g/mol. The maximum absolute atomic E-state index is 13.8. The lowest BCUT2D eigenvalue weighted by Gasteiger charge is -2.14. The molecule has 3 heterocycles. The second-order valence-corrected chi connectivity index (χ2v) is 9.34. The molecule has 0 fully saturated rings. The quantitative estimate of drug-likeness (QED) is 0.301. The zero-order chi connectivity index (χ0) is 24.2. The fourth-order valence-electron chi connectivity index (χ4n) is 3.49. The van der Waals surface area contributed by atoms with Crippen LogP contribution < -0.4 is 14.9 Å². The Labute approximate surface area is 210 Å². The minimum atomic E-state index is -0.325. The number of pyridine rings is 1. The van der Waals surface area contributed by atoms with Gasteiger partial charge < -0.3 is 14.5 Å². The smallest absolute Gasteiger partial charge is 0.192 e. The molecule has 0 saturated heterocycles. The van der Waals surface area contributed by atoms with Crippen molar-refractivity contribution in [3.63, 3.8) is 0 Å². The molecule has 0 unspecified atom stereocenters. The van der Waals surface area contributed by atoms with Crippen molar-refractivity contribution in [2.45, 2.75) is 4.90 Å². The Hall–Kier alpha value is -3.91. The van der Waals surface area contributed by atoms with Crippen LogP contribution in [0.3, 0.4) is 0 Å². The first-order valence-electron chi connectivity index (χ1n) is 10.6. The van der Waals surface area contributed by atoms with Gasteiger partial charge in [0, 0.05) is 47.4 Å². The van der Waals surface area contributed by atoms with Crippen molar-refractivity contribution in [2.75, 3.05) is 18.3 Å². The maximum Gasteiger partial charge on any atom is 0.192 e. The molecule has 0 saturated carbocycles. The van der Waals surface area contributed by atoms with Crippen molar-refractivity contribution in [2.24, 2.45) is 0 Å². The van der Waals surface area contributed by atoms with E-state index in [-0.39, 0.29) is 5.82 Å². The largest absolute Gasteiger partial charge is 0.454 e. The normalized spacial score (nSPS) is 12.8. The van der Waals surface area contributed by atoms with Crippen molar-refractivity contribution in [1.82, 2.24) is 20.4 Å². The zero-order valence-electron chi connectivity index (χ0n) is 18.5. The Balaban J connectivity index is 1.46. The number of nitrogens with zero attached hydrogens (tertiary/aromatic N) is 4. The van der Waals surface area contributed by atoms with Crippen molar-refractivity contribution < 1.29 is 9.13 Å². The highest BCUT2D eigenvalue weighted by atomic mass is 32.2. The van der Waals surface area contributed by atoms with E-state index in [2.05, 4.69) is 21.2 Å². The van der Waals surface area contributed by atoms with Crippen LogP contribution in [-0.4, -0.2) is 28.6 Å². The van der Waals surface area contributed by atoms with Crippen LogP contribution in [0, 0.1) is 17.1 Å². The Bertz CT molecular complexity index is 1430. The Kier molecular flexibility index (Phi) is 6.63. The van der Waals surface area contributed by atoms with Gasteiger partial charge in [0.1, 0.15) is 23.3 Å². The number of hydrogen-bond donors (Lipinski definition) is 2. The SMILES string of the molecule is CN1C=C(c2nc(-c3cccc(F)c3)ccc2Oc2ccc(SNc3nccs3)cc2C#N)CN1. The molecule has 2 aromatic heterocycles. The van der Waals surface area contributed by atoms with E-state index in [9.17, 15) is 9.65 Å². The van der Waals surface area contributed by atoms with Gasteiger partial charge in [0.25, 0.3) is 0 Å². The van der Waals surface area contributed by atoms with E-state index in [0.717, 1.165) is 15.6 Å². The van der Waals surface area contributed by atoms with E-state index in [4.69, 9.17) is 9.72 Å². The van der Waals surface area contributed by atoms with Crippen molar-refractivity contribution in [1.29, 1.82) is 5.26 Å². The van der Waals surface area contributed by atoms with Crippen LogP contribution in [-0.2, 0) is 0 Å². The van der Waals surface area contributed by atoms with Crippen molar-refractivity contribution in [3.8, 4) is 28.8 Å². The minimum Gasteiger partial charge on any atom is -0.454 e. The lowest BCUT2D eigenvalue weighted by Crippen LogP contribution is -2.23. The van der Waals surface area contributed by atoms with E-state index >= 15 is 0 Å². The summed E-state index contributed by atoms with van der Waals surface area (Å²) in [6.45, 7) is 0.565. The van der Waals surface area contributed by atoms with Gasteiger partial charge in [-0.2, -0.15) is 5.26 Å². The van der Waals surface area contributed by atoms with Gasteiger partial charge in [-0.1, -0.05) is 12.1 Å². The molecule has 2 aromatic carbocycles. The Morgan fingerprint density at radius 3 is 2.83 bits per heavy atom. The molecule has 1 aliphatic rings. The number of anilines is 1. The van der Waals surface area contributed by atoms with Gasteiger partial charge in [0.05, 0.1) is 11.3 Å². The number of benzene rings is 2. The first-order chi connectivity index (χ1) is 17.1. The average Bonchev–Trinajstić information content (AvgIpc) is 3.55. The topological polar surface area (TPSA) is 86.1 Å². The van der Waals surface area contributed by atoms with Gasteiger partial charge in [-0.15, -0.1) is 11.3 Å². The average molecular weight is 503 g/mol. The summed E-state index contributed by atoms with van der Waals surface area (Å²) in [6.07, 6.45) is 3.66. The van der Waals surface area contributed by atoms with Crippen LogP contribution in [0.4, 0.5) is 9.52 Å². The molecule has 0 spiro atoms. The summed E-state index contributed by atoms with van der Waals surface area (Å²) in [5.74, 6) is 0.604. The number of thiazole rings is 1. The maximum atomic E-state index is 13.8. The summed E-state index contributed by atoms with van der Waals surface area (Å²) in [6, 6.07) is 17.5. The van der Waals surface area contributed by atoms with Crippen LogP contribution in [0.2, 0.25) is 0 Å². The van der Waals surface area contributed by atoms with Crippen LogP contribution in [0.25, 0.3) is 16.8 Å². The predicted molar refractivity (Wildman–Crippen MR) is 136 cm³/mol. The molecule has 10 heteroatoms. The van der Waals surface area contributed by atoms with Gasteiger partial charge in [-0.25, -0.2) is 19.8 Å². The van der Waals surface area contributed by atoms with E-state index < -0.39 is 0 Å². The van der Waals surface area contributed by atoms with Gasteiger partial charge in [-0.3, -0.25) is 0 Å². The Morgan fingerprint density at radius 2 is 2.09 bits per heavy atom. The van der Waals surface area contributed by atoms with Gasteiger partial charge in [-0.05, 0) is 54.4 Å². The molecular formula is C25H19FN6OS2. The lowest BCUT2D eigenvalue weighted by atomic mass is 10.1. The molecule has 1 aliphatic heterocycles. The van der Waals surface area contributed by atoms with Gasteiger partial charge in [0.2, 0.25) is 0 Å². The second-order valence-electron chi connectivity index (χ2n) is 7.57. The summed E-state index contributed by atoms with van der Waals surface area (Å²) in [5.41, 5.74) is 6.43. The summed E-state index contributed by atoms with van der Waals surface area (Å²) in [7, 11) is 1.90. The van der Waals surface area contributed by atoms with Crippen molar-refractivity contribution >= 4 is 34.0 Å². The fraction of sp³-hybridized carbons (Fsp3) is 0.0800. The van der Waals surface area contributed by atoms with Gasteiger partial charge >= 0.3 is 0 Å². The lowest BCUT2D eigenvalue weighted by molar-refractivity contribution is 0.374. The van der Waals surface area contributed by atoms with E-state index in [1.54, 1.807) is 36.5 Å². The molecular weight excluding hydrogens is 483 g/mol. The number of hydrogen-bond acceptors (Lipinski definition) is 9. The molecule has 0 amide bonds. The highest BCUT2D eigenvalue weighted by Gasteiger charge is 2.19. The standard InChI is InChI=1S/C25H19FN6OS2/c1-32-15-18(14-29-32)24-23(8-6-21(30-24)16-3-2-4-19(26)11-16)33-22-7-5-20(12-17(22)13-27)35-31-25-28-9-10-34-25/h2-12,15,29H,14H2,1H3,(H,28,31). The highest BCUT2D eigenvalue weighted by Crippen LogP contribution is 2.35. The van der Waals surface area contributed by atoms with E-state index in [1.807, 2.05) is 35.8 Å². The number of halogens is 1. The van der Waals surface area contributed by atoms with E-state index in [1.165, 1.54) is 35.4 Å². The molecule has 7 nitrogen and oxygen atoms in total. The number of nitrogens with one attached hydrogen (secondary N) is 2. The second kappa shape index (κ2) is 10.1. The molecule has 35 heavy (non-hydrogen) atoms. The molecule has 174 valence electrons. The summed E-state index contributed by atoms with van der Waals surface area (Å²) < 4.78 is 23.2. The highest BCUT2D eigenvalue weighted by molar-refractivity contribution is 8.00. The third kappa shape index (κ3) is 5.27. The van der Waals surface area contributed by atoms with E-state index in [0.29, 0.717) is 40.6 Å². The summed E-state index contributed by atoms with van der Waals surface area (Å²) >= 11 is 2.87. The molecule has 0 radical (unpaired) electrons. The van der Waals surface area contributed by atoms with Crippen LogP contribution in [0.5, 0.6) is 11.5 Å². The first-order valence-corrected chi connectivity index (χ1v) is 12.3. The van der Waals surface area contributed by atoms with Crippen LogP contribution in [0.1, 0.15) is 11.3 Å².